The van der Waals surface area contributed by atoms with Gasteiger partial charge in [0.25, 0.3) is 0 Å². The fourth-order valence-electron chi connectivity index (χ4n) is 2.02. The highest BCUT2D eigenvalue weighted by atomic mass is 35.5. The molecule has 1 fully saturated rings. The van der Waals surface area contributed by atoms with Gasteiger partial charge in [0, 0.05) is 15.6 Å². The molecule has 2 amide bonds. The SMILES string of the molecule is CC1NC(=O)O[C@@H](c2ccc(Cl)cc2Cl)[C@H]1OC(N)=O. The number of benzene rings is 1. The first-order valence-corrected chi connectivity index (χ1v) is 6.52. The van der Waals surface area contributed by atoms with E-state index in [2.05, 4.69) is 5.32 Å². The molecule has 2 rings (SSSR count). The Balaban J connectivity index is 2.37. The van der Waals surface area contributed by atoms with Crippen molar-refractivity contribution < 1.29 is 19.1 Å². The molecule has 1 unspecified atom stereocenters. The Hall–Kier alpha value is -1.66. The lowest BCUT2D eigenvalue weighted by Gasteiger charge is -2.35. The van der Waals surface area contributed by atoms with Gasteiger partial charge in [0.2, 0.25) is 0 Å². The third-order valence-electron chi connectivity index (χ3n) is 2.89. The van der Waals surface area contributed by atoms with Crippen molar-refractivity contribution in [2.24, 2.45) is 5.73 Å². The highest BCUT2D eigenvalue weighted by Crippen LogP contribution is 2.34. The molecule has 3 atom stereocenters. The van der Waals surface area contributed by atoms with Crippen molar-refractivity contribution in [2.45, 2.75) is 25.2 Å². The van der Waals surface area contributed by atoms with E-state index in [1.54, 1.807) is 19.1 Å². The molecule has 1 aromatic carbocycles. The number of carbonyl (C=O) groups excluding carboxylic acids is 2. The van der Waals surface area contributed by atoms with Crippen molar-refractivity contribution in [1.29, 1.82) is 0 Å². The molecule has 8 heteroatoms. The average Bonchev–Trinajstić information content (AvgIpc) is 2.32. The number of ether oxygens (including phenoxy) is 2. The minimum absolute atomic E-state index is 0.308. The zero-order valence-electron chi connectivity index (χ0n) is 10.4. The molecule has 1 aliphatic rings. The highest BCUT2D eigenvalue weighted by Gasteiger charge is 2.40. The van der Waals surface area contributed by atoms with E-state index in [9.17, 15) is 9.59 Å². The normalized spacial score (nSPS) is 25.6. The molecular formula is C12H12Cl2N2O4. The van der Waals surface area contributed by atoms with Gasteiger partial charge < -0.3 is 20.5 Å². The first kappa shape index (κ1) is 14.7. The van der Waals surface area contributed by atoms with Gasteiger partial charge in [-0.3, -0.25) is 0 Å². The summed E-state index contributed by atoms with van der Waals surface area (Å²) in [4.78, 5) is 22.5. The number of cyclic esters (lactones) is 1. The van der Waals surface area contributed by atoms with E-state index in [0.717, 1.165) is 0 Å². The molecule has 6 nitrogen and oxygen atoms in total. The Bertz CT molecular complexity index is 552. The second-order valence-corrected chi connectivity index (χ2v) is 5.17. The number of rotatable bonds is 2. The van der Waals surface area contributed by atoms with E-state index in [4.69, 9.17) is 38.4 Å². The number of nitrogens with two attached hydrogens (primary N) is 1. The molecule has 0 spiro atoms. The number of amides is 2. The van der Waals surface area contributed by atoms with E-state index in [0.29, 0.717) is 15.6 Å². The Labute approximate surface area is 125 Å². The summed E-state index contributed by atoms with van der Waals surface area (Å²) in [5, 5.41) is 3.25. The van der Waals surface area contributed by atoms with Crippen LogP contribution in [0.1, 0.15) is 18.6 Å². The molecule has 0 aliphatic carbocycles. The molecule has 1 aliphatic heterocycles. The summed E-state index contributed by atoms with van der Waals surface area (Å²) in [6.45, 7) is 1.67. The topological polar surface area (TPSA) is 90.7 Å². The molecule has 1 heterocycles. The number of carbonyl (C=O) groups is 2. The summed E-state index contributed by atoms with van der Waals surface area (Å²) in [5.41, 5.74) is 5.53. The van der Waals surface area contributed by atoms with Crippen molar-refractivity contribution in [3.05, 3.63) is 33.8 Å². The van der Waals surface area contributed by atoms with Gasteiger partial charge in [0.1, 0.15) is 0 Å². The fourth-order valence-corrected chi connectivity index (χ4v) is 2.53. The molecule has 1 aromatic rings. The molecule has 0 aromatic heterocycles. The number of primary amides is 1. The van der Waals surface area contributed by atoms with Crippen molar-refractivity contribution in [3.8, 4) is 0 Å². The average molecular weight is 319 g/mol. The third kappa shape index (κ3) is 3.08. The summed E-state index contributed by atoms with van der Waals surface area (Å²) in [6.07, 6.45) is -3.23. The summed E-state index contributed by atoms with van der Waals surface area (Å²) < 4.78 is 10.2. The first-order valence-electron chi connectivity index (χ1n) is 5.76. The molecule has 1 saturated heterocycles. The van der Waals surface area contributed by atoms with Crippen LogP contribution in [0, 0.1) is 0 Å². The van der Waals surface area contributed by atoms with Gasteiger partial charge >= 0.3 is 12.2 Å². The van der Waals surface area contributed by atoms with Crippen LogP contribution < -0.4 is 11.1 Å². The fraction of sp³-hybridized carbons (Fsp3) is 0.333. The van der Waals surface area contributed by atoms with Crippen LogP contribution in [0.5, 0.6) is 0 Å². The van der Waals surface area contributed by atoms with Gasteiger partial charge in [-0.15, -0.1) is 0 Å². The summed E-state index contributed by atoms with van der Waals surface area (Å²) >= 11 is 11.9. The van der Waals surface area contributed by atoms with Crippen molar-refractivity contribution >= 4 is 35.4 Å². The van der Waals surface area contributed by atoms with Crippen molar-refractivity contribution in [3.63, 3.8) is 0 Å². The minimum atomic E-state index is -0.961. The molecule has 0 saturated carbocycles. The first-order chi connectivity index (χ1) is 9.38. The minimum Gasteiger partial charge on any atom is -0.440 e. The lowest BCUT2D eigenvalue weighted by atomic mass is 9.98. The van der Waals surface area contributed by atoms with E-state index in [-0.39, 0.29) is 0 Å². The quantitative estimate of drug-likeness (QED) is 0.876. The van der Waals surface area contributed by atoms with Crippen LogP contribution in [0.4, 0.5) is 9.59 Å². The summed E-state index contributed by atoms with van der Waals surface area (Å²) in [6, 6.07) is 4.25. The molecule has 108 valence electrons. The Morgan fingerprint density at radius 2 is 2.15 bits per heavy atom. The number of hydrogen-bond donors (Lipinski definition) is 2. The predicted molar refractivity (Wildman–Crippen MR) is 72.7 cm³/mol. The van der Waals surface area contributed by atoms with E-state index in [1.165, 1.54) is 6.07 Å². The van der Waals surface area contributed by atoms with Crippen LogP contribution in [0.25, 0.3) is 0 Å². The van der Waals surface area contributed by atoms with Crippen LogP contribution >= 0.6 is 23.2 Å². The van der Waals surface area contributed by atoms with Gasteiger partial charge in [-0.2, -0.15) is 0 Å². The smallest absolute Gasteiger partial charge is 0.408 e. The third-order valence-corrected chi connectivity index (χ3v) is 3.45. The van der Waals surface area contributed by atoms with Gasteiger partial charge in [0.15, 0.2) is 12.2 Å². The predicted octanol–water partition coefficient (Wildman–Crippen LogP) is 2.63. The van der Waals surface area contributed by atoms with Crippen LogP contribution in [0.15, 0.2) is 18.2 Å². The molecule has 0 radical (unpaired) electrons. The standard InChI is InChI=1S/C12H12Cl2N2O4/c1-5-9(19-11(15)17)10(20-12(18)16-5)7-3-2-6(13)4-8(7)14/h2-5,9-10H,1H3,(H2,15,17)(H,16,18)/t5?,9-,10-/m0/s1. The lowest BCUT2D eigenvalue weighted by Crippen LogP contribution is -2.53. The molecule has 0 bridgehead atoms. The maximum Gasteiger partial charge on any atom is 0.408 e. The van der Waals surface area contributed by atoms with Crippen LogP contribution in [-0.4, -0.2) is 24.3 Å². The zero-order chi connectivity index (χ0) is 14.9. The maximum atomic E-state index is 11.5. The van der Waals surface area contributed by atoms with Gasteiger partial charge in [-0.1, -0.05) is 29.3 Å². The van der Waals surface area contributed by atoms with Crippen molar-refractivity contribution in [1.82, 2.24) is 5.32 Å². The van der Waals surface area contributed by atoms with Gasteiger partial charge in [0.05, 0.1) is 6.04 Å². The van der Waals surface area contributed by atoms with E-state index >= 15 is 0 Å². The number of hydrogen-bond acceptors (Lipinski definition) is 4. The van der Waals surface area contributed by atoms with Gasteiger partial charge in [-0.05, 0) is 19.1 Å². The molecular weight excluding hydrogens is 307 g/mol. The highest BCUT2D eigenvalue weighted by molar-refractivity contribution is 6.35. The van der Waals surface area contributed by atoms with Crippen LogP contribution in [-0.2, 0) is 9.47 Å². The van der Waals surface area contributed by atoms with Crippen molar-refractivity contribution in [2.75, 3.05) is 0 Å². The molecule has 20 heavy (non-hydrogen) atoms. The largest absolute Gasteiger partial charge is 0.440 e. The Morgan fingerprint density at radius 1 is 1.45 bits per heavy atom. The monoisotopic (exact) mass is 318 g/mol. The van der Waals surface area contributed by atoms with Crippen LogP contribution in [0.3, 0.4) is 0 Å². The summed E-state index contributed by atoms with van der Waals surface area (Å²) in [5.74, 6) is 0. The zero-order valence-corrected chi connectivity index (χ0v) is 11.9. The number of alkyl carbamates (subject to hydrolysis) is 1. The van der Waals surface area contributed by atoms with E-state index in [1.807, 2.05) is 0 Å². The van der Waals surface area contributed by atoms with Crippen LogP contribution in [0.2, 0.25) is 10.0 Å². The van der Waals surface area contributed by atoms with Gasteiger partial charge in [-0.25, -0.2) is 9.59 Å². The van der Waals surface area contributed by atoms with E-state index < -0.39 is 30.4 Å². The number of nitrogens with one attached hydrogen (secondary N) is 1. The molecule has 3 N–H and O–H groups in total. The second-order valence-electron chi connectivity index (χ2n) is 4.33. The Kier molecular flexibility index (Phi) is 4.25. The number of halogens is 2. The maximum absolute atomic E-state index is 11.5. The lowest BCUT2D eigenvalue weighted by molar-refractivity contribution is -0.0463. The second kappa shape index (κ2) is 5.76. The summed E-state index contributed by atoms with van der Waals surface area (Å²) in [7, 11) is 0. The Morgan fingerprint density at radius 3 is 2.75 bits per heavy atom.